The Kier molecular flexibility index (Phi) is 6.89. The Morgan fingerprint density at radius 1 is 1.04 bits per heavy atom. The van der Waals surface area contributed by atoms with Gasteiger partial charge in [-0.1, -0.05) is 19.3 Å². The van der Waals surface area contributed by atoms with Crippen LogP contribution < -0.4 is 10.1 Å². The summed E-state index contributed by atoms with van der Waals surface area (Å²) >= 11 is 0. The van der Waals surface area contributed by atoms with Crippen LogP contribution in [0.4, 0.5) is 0 Å². The number of ether oxygens (including phenoxy) is 3. The fraction of sp³-hybridized carbons (Fsp3) is 0.600. The highest BCUT2D eigenvalue weighted by Gasteiger charge is 2.18. The van der Waals surface area contributed by atoms with Gasteiger partial charge >= 0.3 is 5.97 Å². The number of nitrogens with one attached hydrogen (secondary N) is 1. The van der Waals surface area contributed by atoms with E-state index < -0.39 is 5.97 Å². The fourth-order valence-electron chi connectivity index (χ4n) is 3.38. The number of hydrogen-bond donors (Lipinski definition) is 1. The summed E-state index contributed by atoms with van der Waals surface area (Å²) in [5.74, 6) is -0.0525. The van der Waals surface area contributed by atoms with E-state index in [1.54, 1.807) is 24.3 Å². The minimum Gasteiger partial charge on any atom is -0.491 e. The highest BCUT2D eigenvalue weighted by molar-refractivity contribution is 5.91. The molecule has 0 radical (unpaired) electrons. The average Bonchev–Trinajstić information content (AvgIpc) is 3.19. The third-order valence-electron chi connectivity index (χ3n) is 4.85. The number of hydrogen-bond acceptors (Lipinski definition) is 5. The number of carbonyl (C=O) groups excluding carboxylic acids is 2. The van der Waals surface area contributed by atoms with Crippen LogP contribution in [0.3, 0.4) is 0 Å². The predicted molar refractivity (Wildman–Crippen MR) is 96.2 cm³/mol. The van der Waals surface area contributed by atoms with Gasteiger partial charge in [-0.15, -0.1) is 0 Å². The molecule has 1 aliphatic heterocycles. The molecule has 1 saturated heterocycles. The quantitative estimate of drug-likeness (QED) is 0.756. The largest absolute Gasteiger partial charge is 0.491 e. The van der Waals surface area contributed by atoms with Crippen LogP contribution in [-0.2, 0) is 14.3 Å². The number of carbonyl (C=O) groups is 2. The maximum absolute atomic E-state index is 12.1. The Hall–Kier alpha value is -2.08. The molecule has 1 N–H and O–H groups in total. The minimum atomic E-state index is -0.505. The van der Waals surface area contributed by atoms with Gasteiger partial charge in [0.05, 0.1) is 11.7 Å². The van der Waals surface area contributed by atoms with Crippen molar-refractivity contribution in [1.82, 2.24) is 5.32 Å². The van der Waals surface area contributed by atoms with Crippen LogP contribution in [0.5, 0.6) is 5.75 Å². The van der Waals surface area contributed by atoms with Gasteiger partial charge in [-0.2, -0.15) is 0 Å². The lowest BCUT2D eigenvalue weighted by atomic mass is 9.95. The van der Waals surface area contributed by atoms with Crippen molar-refractivity contribution in [1.29, 1.82) is 0 Å². The zero-order valence-corrected chi connectivity index (χ0v) is 15.1. The molecule has 26 heavy (non-hydrogen) atoms. The molecule has 0 aromatic heterocycles. The van der Waals surface area contributed by atoms with Gasteiger partial charge in [0.15, 0.2) is 6.61 Å². The van der Waals surface area contributed by atoms with Gasteiger partial charge in [-0.3, -0.25) is 4.79 Å². The van der Waals surface area contributed by atoms with Gasteiger partial charge in [0.25, 0.3) is 5.91 Å². The van der Waals surface area contributed by atoms with Gasteiger partial charge in [0.2, 0.25) is 0 Å². The van der Waals surface area contributed by atoms with Crippen molar-refractivity contribution in [2.75, 3.05) is 19.8 Å². The van der Waals surface area contributed by atoms with Crippen molar-refractivity contribution in [2.24, 2.45) is 0 Å². The highest BCUT2D eigenvalue weighted by atomic mass is 16.5. The number of rotatable bonds is 7. The summed E-state index contributed by atoms with van der Waals surface area (Å²) in [6.45, 7) is 1.07. The smallest absolute Gasteiger partial charge is 0.338 e. The Labute approximate surface area is 154 Å². The molecule has 0 unspecified atom stereocenters. The maximum Gasteiger partial charge on any atom is 0.338 e. The van der Waals surface area contributed by atoms with E-state index in [1.165, 1.54) is 6.42 Å². The number of benzene rings is 1. The highest BCUT2D eigenvalue weighted by Crippen LogP contribution is 2.18. The molecule has 1 heterocycles. The summed E-state index contributed by atoms with van der Waals surface area (Å²) in [4.78, 5) is 23.9. The van der Waals surface area contributed by atoms with Crippen molar-refractivity contribution in [2.45, 2.75) is 57.1 Å². The zero-order chi connectivity index (χ0) is 18.2. The first kappa shape index (κ1) is 18.7. The SMILES string of the molecule is O=C(COC(=O)c1ccc(OC[C@H]2CCCO2)cc1)NC1CCCCC1. The van der Waals surface area contributed by atoms with E-state index in [9.17, 15) is 9.59 Å². The second-order valence-electron chi connectivity index (χ2n) is 6.95. The monoisotopic (exact) mass is 361 g/mol. The molecule has 6 heteroatoms. The van der Waals surface area contributed by atoms with Crippen LogP contribution in [0.1, 0.15) is 55.3 Å². The molecule has 1 saturated carbocycles. The predicted octanol–water partition coefficient (Wildman–Crippen LogP) is 2.85. The Bertz CT molecular complexity index is 589. The normalized spacial score (nSPS) is 20.5. The first-order valence-corrected chi connectivity index (χ1v) is 9.51. The van der Waals surface area contributed by atoms with Crippen molar-refractivity contribution in [3.05, 3.63) is 29.8 Å². The summed E-state index contributed by atoms with van der Waals surface area (Å²) < 4.78 is 16.3. The summed E-state index contributed by atoms with van der Waals surface area (Å²) in [6.07, 6.45) is 7.79. The molecular weight excluding hydrogens is 334 g/mol. The third kappa shape index (κ3) is 5.73. The van der Waals surface area contributed by atoms with Crippen LogP contribution in [0.15, 0.2) is 24.3 Å². The maximum atomic E-state index is 12.1. The standard InChI is InChI=1S/C20H27NO5/c22-19(21-16-5-2-1-3-6-16)14-26-20(23)15-8-10-17(11-9-15)25-13-18-7-4-12-24-18/h8-11,16,18H,1-7,12-14H2,(H,21,22)/t18-/m1/s1. The van der Waals surface area contributed by atoms with Crippen molar-refractivity contribution in [3.8, 4) is 5.75 Å². The molecule has 0 spiro atoms. The lowest BCUT2D eigenvalue weighted by Crippen LogP contribution is -2.38. The Morgan fingerprint density at radius 2 is 1.81 bits per heavy atom. The molecule has 2 aliphatic rings. The lowest BCUT2D eigenvalue weighted by molar-refractivity contribution is -0.125. The molecule has 2 fully saturated rings. The third-order valence-corrected chi connectivity index (χ3v) is 4.85. The van der Waals surface area contributed by atoms with Crippen molar-refractivity contribution in [3.63, 3.8) is 0 Å². The van der Waals surface area contributed by atoms with Crippen LogP contribution in [0.2, 0.25) is 0 Å². The second-order valence-corrected chi connectivity index (χ2v) is 6.95. The van der Waals surface area contributed by atoms with Gasteiger partial charge in [0.1, 0.15) is 12.4 Å². The average molecular weight is 361 g/mol. The van der Waals surface area contributed by atoms with Gasteiger partial charge in [-0.25, -0.2) is 4.79 Å². The lowest BCUT2D eigenvalue weighted by Gasteiger charge is -2.22. The van der Waals surface area contributed by atoms with E-state index in [-0.39, 0.29) is 24.7 Å². The van der Waals surface area contributed by atoms with Crippen molar-refractivity contribution < 1.29 is 23.8 Å². The van der Waals surface area contributed by atoms with E-state index in [0.717, 1.165) is 45.1 Å². The molecule has 1 aromatic carbocycles. The first-order valence-electron chi connectivity index (χ1n) is 9.51. The van der Waals surface area contributed by atoms with Crippen LogP contribution in [0, 0.1) is 0 Å². The Morgan fingerprint density at radius 3 is 2.50 bits per heavy atom. The summed E-state index contributed by atoms with van der Waals surface area (Å²) in [5.41, 5.74) is 0.403. The topological polar surface area (TPSA) is 73.9 Å². The Balaban J connectivity index is 1.38. The molecule has 1 aliphatic carbocycles. The number of esters is 1. The van der Waals surface area contributed by atoms with Gasteiger partial charge < -0.3 is 19.5 Å². The molecule has 1 amide bonds. The first-order chi connectivity index (χ1) is 12.7. The van der Waals surface area contributed by atoms with Crippen LogP contribution in [0.25, 0.3) is 0 Å². The summed E-state index contributed by atoms with van der Waals surface area (Å²) in [5, 5.41) is 2.93. The summed E-state index contributed by atoms with van der Waals surface area (Å²) in [6, 6.07) is 6.97. The van der Waals surface area contributed by atoms with E-state index in [2.05, 4.69) is 5.32 Å². The molecule has 6 nitrogen and oxygen atoms in total. The van der Waals surface area contributed by atoms with E-state index in [4.69, 9.17) is 14.2 Å². The second kappa shape index (κ2) is 9.57. The molecule has 1 atom stereocenters. The molecule has 1 aromatic rings. The van der Waals surface area contributed by atoms with Crippen molar-refractivity contribution >= 4 is 11.9 Å². The van der Waals surface area contributed by atoms with Gasteiger partial charge in [0, 0.05) is 12.6 Å². The molecular formula is C20H27NO5. The van der Waals surface area contributed by atoms with Crippen LogP contribution >= 0.6 is 0 Å². The van der Waals surface area contributed by atoms with Gasteiger partial charge in [-0.05, 0) is 49.9 Å². The fourth-order valence-corrected chi connectivity index (χ4v) is 3.38. The molecule has 142 valence electrons. The zero-order valence-electron chi connectivity index (χ0n) is 15.1. The summed E-state index contributed by atoms with van der Waals surface area (Å²) in [7, 11) is 0. The molecule has 0 bridgehead atoms. The minimum absolute atomic E-state index is 0.155. The van der Waals surface area contributed by atoms with E-state index >= 15 is 0 Å². The molecule has 3 rings (SSSR count). The van der Waals surface area contributed by atoms with E-state index in [0.29, 0.717) is 17.9 Å². The van der Waals surface area contributed by atoms with Crippen LogP contribution in [-0.4, -0.2) is 43.8 Å². The van der Waals surface area contributed by atoms with E-state index in [1.807, 2.05) is 0 Å². The number of amides is 1.